The van der Waals surface area contributed by atoms with Gasteiger partial charge in [-0.1, -0.05) is 5.16 Å². The first kappa shape index (κ1) is 11.1. The van der Waals surface area contributed by atoms with Gasteiger partial charge in [-0.3, -0.25) is 4.79 Å². The second kappa shape index (κ2) is 4.65. The van der Waals surface area contributed by atoms with Crippen molar-refractivity contribution in [2.45, 2.75) is 32.3 Å². The molecule has 0 saturated heterocycles. The number of carbonyl (C=O) groups excluding carboxylic acids is 1. The molecule has 1 amide bonds. The van der Waals surface area contributed by atoms with E-state index in [2.05, 4.69) is 10.5 Å². The molecule has 5 heteroatoms. The molecule has 1 aliphatic rings. The molecule has 1 saturated carbocycles. The zero-order valence-corrected chi connectivity index (χ0v) is 9.27. The van der Waals surface area contributed by atoms with Gasteiger partial charge in [0.2, 0.25) is 5.76 Å². The number of carbonyl (C=O) groups is 1. The number of nitrogens with zero attached hydrogens (tertiary/aromatic N) is 1. The molecule has 2 atom stereocenters. The van der Waals surface area contributed by atoms with E-state index in [1.807, 2.05) is 0 Å². The molecular formula is C11H16N2O3. The van der Waals surface area contributed by atoms with Crippen LogP contribution in [0.3, 0.4) is 0 Å². The molecule has 0 radical (unpaired) electrons. The Morgan fingerprint density at radius 3 is 3.06 bits per heavy atom. The van der Waals surface area contributed by atoms with Crippen LogP contribution in [0.5, 0.6) is 0 Å². The highest BCUT2D eigenvalue weighted by atomic mass is 16.5. The molecule has 1 aromatic rings. The van der Waals surface area contributed by atoms with E-state index in [0.29, 0.717) is 12.5 Å². The van der Waals surface area contributed by atoms with Crippen molar-refractivity contribution in [3.8, 4) is 0 Å². The van der Waals surface area contributed by atoms with Crippen LogP contribution in [-0.2, 0) is 0 Å². The Kier molecular flexibility index (Phi) is 3.24. The van der Waals surface area contributed by atoms with Crippen molar-refractivity contribution in [2.75, 3.05) is 6.54 Å². The van der Waals surface area contributed by atoms with E-state index in [4.69, 9.17) is 4.52 Å². The topological polar surface area (TPSA) is 75.4 Å². The number of hydrogen-bond donors (Lipinski definition) is 2. The summed E-state index contributed by atoms with van der Waals surface area (Å²) in [5.41, 5.74) is 0.740. The Bertz CT molecular complexity index is 375. The Morgan fingerprint density at radius 2 is 2.50 bits per heavy atom. The first-order chi connectivity index (χ1) is 7.66. The minimum Gasteiger partial charge on any atom is -0.393 e. The van der Waals surface area contributed by atoms with Crippen LogP contribution in [0.1, 0.15) is 35.4 Å². The molecule has 16 heavy (non-hydrogen) atoms. The summed E-state index contributed by atoms with van der Waals surface area (Å²) in [6, 6.07) is 0. The van der Waals surface area contributed by atoms with Crippen LogP contribution in [0.4, 0.5) is 0 Å². The van der Waals surface area contributed by atoms with Crippen LogP contribution >= 0.6 is 0 Å². The maximum Gasteiger partial charge on any atom is 0.290 e. The lowest BCUT2D eigenvalue weighted by Crippen LogP contribution is -2.28. The van der Waals surface area contributed by atoms with Gasteiger partial charge >= 0.3 is 0 Å². The first-order valence-electron chi connectivity index (χ1n) is 5.54. The lowest BCUT2D eigenvalue weighted by molar-refractivity contribution is 0.0907. The van der Waals surface area contributed by atoms with Crippen LogP contribution in [0.2, 0.25) is 0 Å². The second-order valence-electron chi connectivity index (χ2n) is 4.38. The summed E-state index contributed by atoms with van der Waals surface area (Å²) in [6.45, 7) is 2.38. The Morgan fingerprint density at radius 1 is 1.69 bits per heavy atom. The van der Waals surface area contributed by atoms with E-state index in [1.54, 1.807) is 6.92 Å². The lowest BCUT2D eigenvalue weighted by Gasteiger charge is -2.09. The molecule has 2 rings (SSSR count). The van der Waals surface area contributed by atoms with E-state index in [0.717, 1.165) is 24.8 Å². The second-order valence-corrected chi connectivity index (χ2v) is 4.38. The fourth-order valence-corrected chi connectivity index (χ4v) is 2.06. The number of aryl methyl sites for hydroxylation is 1. The Labute approximate surface area is 93.8 Å². The maximum atomic E-state index is 11.7. The minimum atomic E-state index is -0.226. The van der Waals surface area contributed by atoms with Crippen molar-refractivity contribution >= 4 is 5.91 Å². The zero-order chi connectivity index (χ0) is 11.5. The number of rotatable bonds is 3. The predicted octanol–water partition coefficient (Wildman–Crippen LogP) is 0.874. The molecule has 0 aromatic carbocycles. The van der Waals surface area contributed by atoms with Crippen molar-refractivity contribution in [1.29, 1.82) is 0 Å². The van der Waals surface area contributed by atoms with Gasteiger partial charge in [-0.15, -0.1) is 0 Å². The van der Waals surface area contributed by atoms with E-state index in [1.165, 1.54) is 6.20 Å². The fourth-order valence-electron chi connectivity index (χ4n) is 2.06. The van der Waals surface area contributed by atoms with E-state index < -0.39 is 0 Å². The smallest absolute Gasteiger partial charge is 0.290 e. The summed E-state index contributed by atoms with van der Waals surface area (Å²) in [4.78, 5) is 11.7. The zero-order valence-electron chi connectivity index (χ0n) is 9.27. The average Bonchev–Trinajstić information content (AvgIpc) is 2.84. The fraction of sp³-hybridized carbons (Fsp3) is 0.636. The summed E-state index contributed by atoms with van der Waals surface area (Å²) in [7, 11) is 0. The number of hydrogen-bond acceptors (Lipinski definition) is 4. The monoisotopic (exact) mass is 224 g/mol. The average molecular weight is 224 g/mol. The number of nitrogens with one attached hydrogen (secondary N) is 1. The first-order valence-corrected chi connectivity index (χ1v) is 5.54. The van der Waals surface area contributed by atoms with Gasteiger partial charge in [-0.25, -0.2) is 0 Å². The van der Waals surface area contributed by atoms with E-state index in [9.17, 15) is 9.90 Å². The molecule has 2 N–H and O–H groups in total. The Balaban J connectivity index is 1.82. The molecule has 88 valence electrons. The summed E-state index contributed by atoms with van der Waals surface area (Å²) in [5.74, 6) is 0.428. The van der Waals surface area contributed by atoms with Gasteiger partial charge < -0.3 is 14.9 Å². The highest BCUT2D eigenvalue weighted by Crippen LogP contribution is 2.24. The van der Waals surface area contributed by atoms with E-state index >= 15 is 0 Å². The molecule has 1 aromatic heterocycles. The molecule has 0 spiro atoms. The number of aliphatic hydroxyl groups is 1. The summed E-state index contributed by atoms with van der Waals surface area (Å²) in [6.07, 6.45) is 3.90. The third kappa shape index (κ3) is 2.41. The van der Waals surface area contributed by atoms with Gasteiger partial charge in [0, 0.05) is 12.1 Å². The third-order valence-electron chi connectivity index (χ3n) is 3.02. The van der Waals surface area contributed by atoms with E-state index in [-0.39, 0.29) is 17.8 Å². The van der Waals surface area contributed by atoms with Crippen LogP contribution in [0, 0.1) is 12.8 Å². The Hall–Kier alpha value is -1.36. The van der Waals surface area contributed by atoms with Crippen LogP contribution < -0.4 is 5.32 Å². The molecule has 0 aliphatic heterocycles. The highest BCUT2D eigenvalue weighted by molar-refractivity contribution is 5.92. The predicted molar refractivity (Wildman–Crippen MR) is 56.9 cm³/mol. The van der Waals surface area contributed by atoms with Crippen molar-refractivity contribution in [2.24, 2.45) is 5.92 Å². The number of amides is 1. The maximum absolute atomic E-state index is 11.7. The molecular weight excluding hydrogens is 208 g/mol. The molecule has 1 fully saturated rings. The molecule has 2 unspecified atom stereocenters. The van der Waals surface area contributed by atoms with Crippen molar-refractivity contribution in [3.05, 3.63) is 17.5 Å². The largest absolute Gasteiger partial charge is 0.393 e. The minimum absolute atomic E-state index is 0.200. The van der Waals surface area contributed by atoms with Gasteiger partial charge in [0.1, 0.15) is 0 Å². The normalized spacial score (nSPS) is 24.6. The summed E-state index contributed by atoms with van der Waals surface area (Å²) >= 11 is 0. The van der Waals surface area contributed by atoms with Crippen LogP contribution in [-0.4, -0.2) is 28.8 Å². The number of aliphatic hydroxyl groups excluding tert-OH is 1. The summed E-state index contributed by atoms with van der Waals surface area (Å²) < 4.78 is 4.85. The van der Waals surface area contributed by atoms with Gasteiger partial charge in [-0.05, 0) is 32.1 Å². The van der Waals surface area contributed by atoms with Crippen molar-refractivity contribution in [3.63, 3.8) is 0 Å². The molecule has 5 nitrogen and oxygen atoms in total. The SMILES string of the molecule is Cc1cnoc1C(=O)NCC1CCC(O)C1. The number of aromatic nitrogens is 1. The van der Waals surface area contributed by atoms with Gasteiger partial charge in [0.05, 0.1) is 12.3 Å². The van der Waals surface area contributed by atoms with Gasteiger partial charge in [0.25, 0.3) is 5.91 Å². The summed E-state index contributed by atoms with van der Waals surface area (Å²) in [5, 5.41) is 15.7. The van der Waals surface area contributed by atoms with Crippen molar-refractivity contribution < 1.29 is 14.4 Å². The molecule has 1 aliphatic carbocycles. The third-order valence-corrected chi connectivity index (χ3v) is 3.02. The molecule has 1 heterocycles. The van der Waals surface area contributed by atoms with Crippen LogP contribution in [0.15, 0.2) is 10.7 Å². The lowest BCUT2D eigenvalue weighted by atomic mass is 10.1. The van der Waals surface area contributed by atoms with Gasteiger partial charge in [-0.2, -0.15) is 0 Å². The standard InChI is InChI=1S/C11H16N2O3/c1-7-5-13-16-10(7)11(15)12-6-8-2-3-9(14)4-8/h5,8-9,14H,2-4,6H2,1H3,(H,12,15). The van der Waals surface area contributed by atoms with Gasteiger partial charge in [0.15, 0.2) is 0 Å². The quantitative estimate of drug-likeness (QED) is 0.799. The van der Waals surface area contributed by atoms with Crippen LogP contribution in [0.25, 0.3) is 0 Å². The van der Waals surface area contributed by atoms with Crippen molar-refractivity contribution in [1.82, 2.24) is 10.5 Å². The highest BCUT2D eigenvalue weighted by Gasteiger charge is 2.23. The molecule has 0 bridgehead atoms.